The predicted molar refractivity (Wildman–Crippen MR) is 266 cm³/mol. The lowest BCUT2D eigenvalue weighted by atomic mass is 9.74. The van der Waals surface area contributed by atoms with Gasteiger partial charge in [-0.25, -0.2) is 15.0 Å². The summed E-state index contributed by atoms with van der Waals surface area (Å²) in [7, 11) is 0. The average Bonchev–Trinajstić information content (AvgIpc) is 3.39. The maximum atomic E-state index is 5.26. The maximum Gasteiger partial charge on any atom is 0.164 e. The lowest BCUT2D eigenvalue weighted by Crippen LogP contribution is -2.03. The van der Waals surface area contributed by atoms with E-state index < -0.39 is 0 Å². The van der Waals surface area contributed by atoms with Gasteiger partial charge in [0.2, 0.25) is 0 Å². The minimum atomic E-state index is 0.605. The summed E-state index contributed by atoms with van der Waals surface area (Å²) in [4.78, 5) is 15.6. The summed E-state index contributed by atoms with van der Waals surface area (Å²) in [6, 6.07) is 88.2. The van der Waals surface area contributed by atoms with Crippen molar-refractivity contribution in [3.05, 3.63) is 249 Å². The van der Waals surface area contributed by atoms with Crippen LogP contribution in [0.15, 0.2) is 249 Å². The Hall–Kier alpha value is -8.53. The molecular formula is C61H41N3. The van der Waals surface area contributed by atoms with Crippen LogP contribution in [0.3, 0.4) is 0 Å². The van der Waals surface area contributed by atoms with Crippen LogP contribution in [0.1, 0.15) is 0 Å². The summed E-state index contributed by atoms with van der Waals surface area (Å²) in [6.45, 7) is 0. The van der Waals surface area contributed by atoms with Gasteiger partial charge < -0.3 is 0 Å². The van der Waals surface area contributed by atoms with Crippen LogP contribution in [-0.2, 0) is 0 Å². The number of nitrogens with zero attached hydrogens (tertiary/aromatic N) is 3. The molecule has 64 heavy (non-hydrogen) atoms. The number of aromatic nitrogens is 3. The first-order valence-corrected chi connectivity index (χ1v) is 21.7. The van der Waals surface area contributed by atoms with E-state index in [2.05, 4.69) is 231 Å². The zero-order chi connectivity index (χ0) is 42.7. The van der Waals surface area contributed by atoms with Crippen molar-refractivity contribution in [2.24, 2.45) is 0 Å². The molecule has 300 valence electrons. The van der Waals surface area contributed by atoms with E-state index in [9.17, 15) is 0 Å². The minimum Gasteiger partial charge on any atom is -0.208 e. The monoisotopic (exact) mass is 815 g/mol. The van der Waals surface area contributed by atoms with Crippen molar-refractivity contribution in [3.63, 3.8) is 0 Å². The van der Waals surface area contributed by atoms with Crippen LogP contribution in [0, 0.1) is 0 Å². The first-order chi connectivity index (χ1) is 31.8. The normalized spacial score (nSPS) is 11.1. The Kier molecular flexibility index (Phi) is 10.3. The lowest BCUT2D eigenvalue weighted by molar-refractivity contribution is 1.07. The Bertz CT molecular complexity index is 3290. The molecule has 1 heterocycles. The molecule has 0 atom stereocenters. The molecule has 3 nitrogen and oxygen atoms in total. The number of rotatable bonds is 9. The van der Waals surface area contributed by atoms with E-state index in [1.54, 1.807) is 0 Å². The summed E-state index contributed by atoms with van der Waals surface area (Å²) in [6.07, 6.45) is 0. The van der Waals surface area contributed by atoms with Crippen LogP contribution < -0.4 is 0 Å². The summed E-state index contributed by atoms with van der Waals surface area (Å²) in [5, 5.41) is 2.30. The molecule has 0 fully saturated rings. The van der Waals surface area contributed by atoms with E-state index in [1.165, 1.54) is 22.1 Å². The molecule has 11 aromatic rings. The van der Waals surface area contributed by atoms with Gasteiger partial charge in [0.25, 0.3) is 0 Å². The Morgan fingerprint density at radius 1 is 0.172 bits per heavy atom. The molecule has 0 saturated heterocycles. The molecule has 11 rings (SSSR count). The summed E-state index contributed by atoms with van der Waals surface area (Å²) < 4.78 is 0. The molecule has 0 unspecified atom stereocenters. The Labute approximate surface area is 373 Å². The van der Waals surface area contributed by atoms with E-state index in [0.29, 0.717) is 17.5 Å². The van der Waals surface area contributed by atoms with Gasteiger partial charge in [-0.2, -0.15) is 0 Å². The number of benzene rings is 10. The summed E-state index contributed by atoms with van der Waals surface area (Å²) >= 11 is 0. The van der Waals surface area contributed by atoms with E-state index in [1.807, 2.05) is 18.2 Å². The third-order valence-electron chi connectivity index (χ3n) is 11.9. The van der Waals surface area contributed by atoms with Gasteiger partial charge in [0, 0.05) is 16.7 Å². The molecular weight excluding hydrogens is 775 g/mol. The maximum absolute atomic E-state index is 5.26. The molecule has 1 aromatic heterocycles. The van der Waals surface area contributed by atoms with Crippen LogP contribution in [0.4, 0.5) is 0 Å². The van der Waals surface area contributed by atoms with Crippen molar-refractivity contribution < 1.29 is 0 Å². The molecule has 10 aromatic carbocycles. The fraction of sp³-hybridized carbons (Fsp3) is 0. The summed E-state index contributed by atoms with van der Waals surface area (Å²) in [5.41, 5.74) is 16.4. The van der Waals surface area contributed by atoms with E-state index in [0.717, 1.165) is 72.1 Å². The Morgan fingerprint density at radius 3 is 0.859 bits per heavy atom. The third-order valence-corrected chi connectivity index (χ3v) is 11.9. The van der Waals surface area contributed by atoms with Crippen molar-refractivity contribution >= 4 is 10.8 Å². The predicted octanol–water partition coefficient (Wildman–Crippen LogP) is 16.0. The second-order valence-electron chi connectivity index (χ2n) is 15.9. The van der Waals surface area contributed by atoms with Crippen LogP contribution in [0.2, 0.25) is 0 Å². The van der Waals surface area contributed by atoms with Gasteiger partial charge in [-0.3, -0.25) is 0 Å². The fourth-order valence-electron chi connectivity index (χ4n) is 9.00. The zero-order valence-electron chi connectivity index (χ0n) is 35.0. The SMILES string of the molecule is c1ccc(-c2nc(-c3cccc(-c4c(-c5ccccc5)c(-c5ccccc5)c(-c5ccccc5)c(-c5ccccc5)c4-c4ccccc4)c3)nc(-c3ccc4ccccc4c3)n2)cc1. The van der Waals surface area contributed by atoms with Gasteiger partial charge in [0.1, 0.15) is 0 Å². The molecule has 3 heteroatoms. The first-order valence-electron chi connectivity index (χ1n) is 21.7. The quantitative estimate of drug-likeness (QED) is 0.146. The number of hydrogen-bond acceptors (Lipinski definition) is 3. The largest absolute Gasteiger partial charge is 0.208 e. The van der Waals surface area contributed by atoms with Crippen LogP contribution in [0.25, 0.3) is 112 Å². The second-order valence-corrected chi connectivity index (χ2v) is 15.9. The highest BCUT2D eigenvalue weighted by Crippen LogP contribution is 2.56. The van der Waals surface area contributed by atoms with Crippen molar-refractivity contribution in [3.8, 4) is 101 Å². The van der Waals surface area contributed by atoms with Gasteiger partial charge in [-0.1, -0.05) is 237 Å². The standard InChI is InChI=1S/C61H41N3/c1-7-23-43(24-8-1)53-54(44-25-9-2-10-26-44)56(46-29-13-4-14-30-46)58(57(47-31-15-5-16-32-47)55(53)45-27-11-3-12-28-45)50-36-21-37-51(41-50)60-62-59(48-33-17-6-18-34-48)63-61(64-60)52-39-38-42-22-19-20-35-49(42)40-52/h1-41H. The smallest absolute Gasteiger partial charge is 0.164 e. The van der Waals surface area contributed by atoms with E-state index in [-0.39, 0.29) is 0 Å². The average molecular weight is 816 g/mol. The van der Waals surface area contributed by atoms with Crippen molar-refractivity contribution in [1.29, 1.82) is 0 Å². The summed E-state index contributed by atoms with van der Waals surface area (Å²) in [5.74, 6) is 1.85. The molecule has 0 bridgehead atoms. The second kappa shape index (κ2) is 17.1. The van der Waals surface area contributed by atoms with Crippen molar-refractivity contribution in [2.45, 2.75) is 0 Å². The molecule has 0 spiro atoms. The highest BCUT2D eigenvalue weighted by Gasteiger charge is 2.29. The van der Waals surface area contributed by atoms with Gasteiger partial charge in [0.05, 0.1) is 0 Å². The highest BCUT2D eigenvalue weighted by atomic mass is 15.0. The number of hydrogen-bond donors (Lipinski definition) is 0. The molecule has 0 saturated carbocycles. The Balaban J connectivity index is 1.26. The van der Waals surface area contributed by atoms with Crippen LogP contribution >= 0.6 is 0 Å². The van der Waals surface area contributed by atoms with Gasteiger partial charge in [0.15, 0.2) is 17.5 Å². The molecule has 0 radical (unpaired) electrons. The molecule has 0 aliphatic heterocycles. The third kappa shape index (κ3) is 7.36. The molecule has 0 aliphatic carbocycles. The zero-order valence-corrected chi connectivity index (χ0v) is 35.0. The van der Waals surface area contributed by atoms with Crippen molar-refractivity contribution in [1.82, 2.24) is 15.0 Å². The van der Waals surface area contributed by atoms with Gasteiger partial charge in [-0.05, 0) is 89.7 Å². The van der Waals surface area contributed by atoms with Crippen LogP contribution in [-0.4, -0.2) is 15.0 Å². The Morgan fingerprint density at radius 2 is 0.453 bits per heavy atom. The first kappa shape index (κ1) is 38.4. The highest BCUT2D eigenvalue weighted by molar-refractivity contribution is 6.15. The lowest BCUT2D eigenvalue weighted by Gasteiger charge is -2.29. The van der Waals surface area contributed by atoms with Crippen molar-refractivity contribution in [2.75, 3.05) is 0 Å². The van der Waals surface area contributed by atoms with E-state index in [4.69, 9.17) is 15.0 Å². The molecule has 0 aliphatic rings. The van der Waals surface area contributed by atoms with Gasteiger partial charge >= 0.3 is 0 Å². The minimum absolute atomic E-state index is 0.605. The number of fused-ring (bicyclic) bond motifs is 1. The fourth-order valence-corrected chi connectivity index (χ4v) is 9.00. The van der Waals surface area contributed by atoms with E-state index >= 15 is 0 Å². The topological polar surface area (TPSA) is 38.7 Å². The van der Waals surface area contributed by atoms with Crippen LogP contribution in [0.5, 0.6) is 0 Å². The molecule has 0 N–H and O–H groups in total. The van der Waals surface area contributed by atoms with Gasteiger partial charge in [-0.15, -0.1) is 0 Å². The molecule has 0 amide bonds.